The number of carbonyl (C=O) groups is 1. The minimum Gasteiger partial charge on any atom is -0.495 e. The minimum atomic E-state index is -3.45. The Morgan fingerprint density at radius 1 is 1.42 bits per heavy atom. The highest BCUT2D eigenvalue weighted by Crippen LogP contribution is 2.30. The molecule has 1 amide bonds. The highest BCUT2D eigenvalue weighted by molar-refractivity contribution is 7.92. The lowest BCUT2D eigenvalue weighted by Gasteiger charge is -2.32. The van der Waals surface area contributed by atoms with Crippen molar-refractivity contribution in [3.8, 4) is 5.75 Å². The number of benzene rings is 1. The molecular formula is C17H24ClN3O4S. The van der Waals surface area contributed by atoms with E-state index < -0.39 is 10.0 Å². The van der Waals surface area contributed by atoms with Crippen molar-refractivity contribution in [2.75, 3.05) is 32.1 Å². The zero-order valence-corrected chi connectivity index (χ0v) is 16.5. The summed E-state index contributed by atoms with van der Waals surface area (Å²) in [5, 5.41) is 4.55. The van der Waals surface area contributed by atoms with Crippen LogP contribution in [0.1, 0.15) is 18.4 Å². The molecule has 2 rings (SSSR count). The molecule has 1 heterocycles. The topological polar surface area (TPSA) is 87.7 Å². The fraction of sp³-hybridized carbons (Fsp3) is 0.471. The number of sulfonamides is 1. The van der Waals surface area contributed by atoms with Crippen molar-refractivity contribution >= 4 is 33.2 Å². The van der Waals surface area contributed by atoms with Gasteiger partial charge in [0.2, 0.25) is 15.9 Å². The Kier molecular flexibility index (Phi) is 6.91. The summed E-state index contributed by atoms with van der Waals surface area (Å²) in [5.41, 5.74) is 1.55. The largest absolute Gasteiger partial charge is 0.495 e. The smallest absolute Gasteiger partial charge is 0.241 e. The Labute approximate surface area is 159 Å². The van der Waals surface area contributed by atoms with Gasteiger partial charge in [0.05, 0.1) is 19.3 Å². The maximum absolute atomic E-state index is 12.4. The van der Waals surface area contributed by atoms with E-state index in [1.807, 2.05) is 13.0 Å². The van der Waals surface area contributed by atoms with Crippen LogP contribution in [-0.2, 0) is 14.8 Å². The molecule has 0 radical (unpaired) electrons. The summed E-state index contributed by atoms with van der Waals surface area (Å²) < 4.78 is 30.9. The van der Waals surface area contributed by atoms with Gasteiger partial charge in [-0.3, -0.25) is 4.79 Å². The van der Waals surface area contributed by atoms with Crippen molar-refractivity contribution in [1.29, 1.82) is 0 Å². The number of hydrogen-bond acceptors (Lipinski definition) is 5. The summed E-state index contributed by atoms with van der Waals surface area (Å²) in [7, 11) is -1.89. The second-order valence-electron chi connectivity index (χ2n) is 6.14. The fourth-order valence-corrected chi connectivity index (χ4v) is 3.73. The number of nitrogens with zero attached hydrogens (tertiary/aromatic N) is 1. The van der Waals surface area contributed by atoms with Crippen LogP contribution in [0.4, 0.5) is 5.69 Å². The lowest BCUT2D eigenvalue weighted by Crippen LogP contribution is -2.47. The number of ether oxygens (including phenoxy) is 1. The van der Waals surface area contributed by atoms with Gasteiger partial charge in [-0.1, -0.05) is 18.2 Å². The zero-order valence-electron chi connectivity index (χ0n) is 14.9. The molecule has 144 valence electrons. The van der Waals surface area contributed by atoms with E-state index in [-0.39, 0.29) is 18.5 Å². The van der Waals surface area contributed by atoms with Gasteiger partial charge in [0, 0.05) is 29.6 Å². The van der Waals surface area contributed by atoms with E-state index >= 15 is 0 Å². The van der Waals surface area contributed by atoms with Crippen LogP contribution in [0.3, 0.4) is 0 Å². The number of halogens is 1. The Morgan fingerprint density at radius 2 is 2.08 bits per heavy atom. The summed E-state index contributed by atoms with van der Waals surface area (Å²) in [6.07, 6.45) is 1.14. The fourth-order valence-electron chi connectivity index (χ4n) is 2.77. The predicted molar refractivity (Wildman–Crippen MR) is 103 cm³/mol. The van der Waals surface area contributed by atoms with Gasteiger partial charge in [-0.2, -0.15) is 0 Å². The van der Waals surface area contributed by atoms with Crippen LogP contribution in [-0.4, -0.2) is 52.0 Å². The van der Waals surface area contributed by atoms with Crippen molar-refractivity contribution in [1.82, 2.24) is 9.62 Å². The van der Waals surface area contributed by atoms with E-state index in [0.29, 0.717) is 42.4 Å². The number of carbonyl (C=O) groups excluding carboxylic acids is 1. The third kappa shape index (κ3) is 5.36. The predicted octanol–water partition coefficient (Wildman–Crippen LogP) is 2.12. The Morgan fingerprint density at radius 3 is 2.65 bits per heavy atom. The molecule has 26 heavy (non-hydrogen) atoms. The molecule has 0 atom stereocenters. The average Bonchev–Trinajstić information content (AvgIpc) is 2.62. The van der Waals surface area contributed by atoms with E-state index in [0.717, 1.165) is 11.0 Å². The third-order valence-electron chi connectivity index (χ3n) is 4.31. The first-order valence-corrected chi connectivity index (χ1v) is 10.2. The molecule has 0 saturated carbocycles. The summed E-state index contributed by atoms with van der Waals surface area (Å²) in [6, 6.07) is 3.37. The molecular weight excluding hydrogens is 378 g/mol. The highest BCUT2D eigenvalue weighted by Gasteiger charge is 2.25. The first-order valence-electron chi connectivity index (χ1n) is 8.26. The van der Waals surface area contributed by atoms with E-state index in [2.05, 4.69) is 16.6 Å². The van der Waals surface area contributed by atoms with Crippen molar-refractivity contribution in [3.63, 3.8) is 0 Å². The molecule has 0 unspecified atom stereocenters. The molecule has 2 N–H and O–H groups in total. The minimum absolute atomic E-state index is 0.0613. The monoisotopic (exact) mass is 401 g/mol. The van der Waals surface area contributed by atoms with Gasteiger partial charge in [-0.15, -0.1) is 0 Å². The van der Waals surface area contributed by atoms with Crippen molar-refractivity contribution in [2.45, 2.75) is 25.8 Å². The first kappa shape index (κ1) is 20.5. The molecule has 9 heteroatoms. The number of aryl methyl sites for hydroxylation is 1. The van der Waals surface area contributed by atoms with Gasteiger partial charge in [-0.05, 0) is 37.5 Å². The SMILES string of the molecule is C=CS(=O)(=O)NC1CCN(C(=O)CNc2cc(Cl)c(C)cc2OC)CC1. The summed E-state index contributed by atoms with van der Waals surface area (Å²) in [4.78, 5) is 14.1. The van der Waals surface area contributed by atoms with E-state index in [1.54, 1.807) is 18.1 Å². The first-order chi connectivity index (χ1) is 12.3. The maximum Gasteiger partial charge on any atom is 0.241 e. The Balaban J connectivity index is 1.88. The molecule has 0 aromatic heterocycles. The standard InChI is InChI=1S/C17H24ClN3O4S/c1-4-26(23,24)20-13-5-7-21(8-6-13)17(22)11-19-15-10-14(18)12(2)9-16(15)25-3/h4,9-10,13,19-20H,1,5-8,11H2,2-3H3. The molecule has 1 aromatic rings. The lowest BCUT2D eigenvalue weighted by atomic mass is 10.1. The summed E-state index contributed by atoms with van der Waals surface area (Å²) in [5.74, 6) is 0.561. The normalized spacial score (nSPS) is 15.6. The summed E-state index contributed by atoms with van der Waals surface area (Å²) >= 11 is 6.13. The van der Waals surface area contributed by atoms with Crippen LogP contribution in [0, 0.1) is 6.92 Å². The number of amides is 1. The number of anilines is 1. The van der Waals surface area contributed by atoms with Gasteiger partial charge in [-0.25, -0.2) is 13.1 Å². The van der Waals surface area contributed by atoms with Crippen LogP contribution >= 0.6 is 11.6 Å². The van der Waals surface area contributed by atoms with Gasteiger partial charge in [0.25, 0.3) is 0 Å². The van der Waals surface area contributed by atoms with Crippen LogP contribution in [0.2, 0.25) is 5.02 Å². The number of methoxy groups -OCH3 is 1. The molecule has 1 aromatic carbocycles. The van der Waals surface area contributed by atoms with Crippen LogP contribution in [0.15, 0.2) is 24.1 Å². The van der Waals surface area contributed by atoms with Gasteiger partial charge >= 0.3 is 0 Å². The molecule has 1 fully saturated rings. The van der Waals surface area contributed by atoms with E-state index in [9.17, 15) is 13.2 Å². The molecule has 1 aliphatic heterocycles. The second-order valence-corrected chi connectivity index (χ2v) is 8.21. The quantitative estimate of drug-likeness (QED) is 0.730. The molecule has 7 nitrogen and oxygen atoms in total. The Hall–Kier alpha value is -1.77. The molecule has 0 aliphatic carbocycles. The third-order valence-corrected chi connectivity index (χ3v) is 5.82. The summed E-state index contributed by atoms with van der Waals surface area (Å²) in [6.45, 7) is 6.26. The van der Waals surface area contributed by atoms with Gasteiger partial charge in [0.15, 0.2) is 0 Å². The van der Waals surface area contributed by atoms with Crippen molar-refractivity contribution < 1.29 is 17.9 Å². The number of piperidine rings is 1. The second kappa shape index (κ2) is 8.75. The number of hydrogen-bond donors (Lipinski definition) is 2. The molecule has 0 bridgehead atoms. The maximum atomic E-state index is 12.4. The van der Waals surface area contributed by atoms with Gasteiger partial charge < -0.3 is 15.0 Å². The number of nitrogens with one attached hydrogen (secondary N) is 2. The van der Waals surface area contributed by atoms with E-state index in [1.165, 1.54) is 0 Å². The van der Waals surface area contributed by atoms with E-state index in [4.69, 9.17) is 16.3 Å². The van der Waals surface area contributed by atoms with Gasteiger partial charge in [0.1, 0.15) is 5.75 Å². The highest BCUT2D eigenvalue weighted by atomic mass is 35.5. The average molecular weight is 402 g/mol. The molecule has 0 spiro atoms. The Bertz CT molecular complexity index is 774. The lowest BCUT2D eigenvalue weighted by molar-refractivity contribution is -0.130. The molecule has 1 saturated heterocycles. The number of likely N-dealkylation sites (tertiary alicyclic amines) is 1. The zero-order chi connectivity index (χ0) is 19.3. The number of rotatable bonds is 7. The van der Waals surface area contributed by atoms with Crippen LogP contribution < -0.4 is 14.8 Å². The van der Waals surface area contributed by atoms with Crippen molar-refractivity contribution in [2.24, 2.45) is 0 Å². The van der Waals surface area contributed by atoms with Crippen molar-refractivity contribution in [3.05, 3.63) is 34.7 Å². The van der Waals surface area contributed by atoms with Crippen LogP contribution in [0.25, 0.3) is 0 Å². The molecule has 1 aliphatic rings. The van der Waals surface area contributed by atoms with Crippen LogP contribution in [0.5, 0.6) is 5.75 Å².